The third kappa shape index (κ3) is 7.02. The molecule has 1 aliphatic heterocycles. The maximum Gasteiger partial charge on any atom is 0.191 e. The summed E-state index contributed by atoms with van der Waals surface area (Å²) in [6, 6.07) is 13.2. The van der Waals surface area contributed by atoms with Crippen LogP contribution in [0.2, 0.25) is 0 Å². The van der Waals surface area contributed by atoms with Crippen molar-refractivity contribution in [2.24, 2.45) is 4.99 Å². The van der Waals surface area contributed by atoms with Gasteiger partial charge in [-0.1, -0.05) is 18.2 Å². The number of aliphatic imine (C=N–C) groups is 1. The minimum atomic E-state index is -0.212. The summed E-state index contributed by atoms with van der Waals surface area (Å²) < 4.78 is 25.1. The lowest BCUT2D eigenvalue weighted by atomic mass is 10.1. The molecular weight excluding hydrogens is 498 g/mol. The molecular formula is C22H30FIN4O2. The number of hydrogen-bond acceptors (Lipinski definition) is 4. The molecule has 2 aromatic carbocycles. The smallest absolute Gasteiger partial charge is 0.191 e. The number of rotatable bonds is 7. The lowest BCUT2D eigenvalue weighted by molar-refractivity contribution is 0.122. The third-order valence-electron chi connectivity index (χ3n) is 4.75. The number of benzene rings is 2. The van der Waals surface area contributed by atoms with Gasteiger partial charge in [-0.25, -0.2) is 9.38 Å². The highest BCUT2D eigenvalue weighted by atomic mass is 127. The fraction of sp³-hybridized carbons (Fsp3) is 0.409. The SMILES string of the molecule is CCNC(=NCc1ccc(N2CCOCC2)c(F)c1)NCc1ccc(OC)cc1.I. The molecule has 2 N–H and O–H groups in total. The molecule has 0 bridgehead atoms. The molecule has 0 amide bonds. The molecule has 0 saturated carbocycles. The van der Waals surface area contributed by atoms with E-state index in [0.29, 0.717) is 51.0 Å². The number of nitrogens with zero attached hydrogens (tertiary/aromatic N) is 2. The number of guanidine groups is 1. The van der Waals surface area contributed by atoms with Crippen molar-refractivity contribution in [3.05, 3.63) is 59.4 Å². The Morgan fingerprint density at radius 3 is 2.43 bits per heavy atom. The summed E-state index contributed by atoms with van der Waals surface area (Å²) in [6.45, 7) is 6.51. The van der Waals surface area contributed by atoms with Crippen LogP contribution in [-0.2, 0) is 17.8 Å². The summed E-state index contributed by atoms with van der Waals surface area (Å²) in [5.74, 6) is 1.31. The van der Waals surface area contributed by atoms with Crippen LogP contribution in [0.15, 0.2) is 47.5 Å². The normalized spacial score (nSPS) is 14.1. The van der Waals surface area contributed by atoms with Gasteiger partial charge in [0.2, 0.25) is 0 Å². The summed E-state index contributed by atoms with van der Waals surface area (Å²) in [5.41, 5.74) is 2.59. The van der Waals surface area contributed by atoms with Crippen LogP contribution >= 0.6 is 24.0 Å². The second-order valence-corrected chi connectivity index (χ2v) is 6.78. The average molecular weight is 528 g/mol. The van der Waals surface area contributed by atoms with Crippen molar-refractivity contribution < 1.29 is 13.9 Å². The summed E-state index contributed by atoms with van der Waals surface area (Å²) in [6.07, 6.45) is 0. The fourth-order valence-electron chi connectivity index (χ4n) is 3.15. The van der Waals surface area contributed by atoms with E-state index in [0.717, 1.165) is 23.4 Å². The molecule has 1 saturated heterocycles. The number of morpholine rings is 1. The van der Waals surface area contributed by atoms with E-state index in [2.05, 4.69) is 15.6 Å². The van der Waals surface area contributed by atoms with Crippen molar-refractivity contribution in [3.8, 4) is 5.75 Å². The summed E-state index contributed by atoms with van der Waals surface area (Å²) in [7, 11) is 1.65. The maximum atomic E-state index is 14.6. The van der Waals surface area contributed by atoms with E-state index in [1.165, 1.54) is 0 Å². The van der Waals surface area contributed by atoms with E-state index in [1.54, 1.807) is 13.2 Å². The second-order valence-electron chi connectivity index (χ2n) is 6.78. The summed E-state index contributed by atoms with van der Waals surface area (Å²) in [4.78, 5) is 6.61. The molecule has 30 heavy (non-hydrogen) atoms. The lowest BCUT2D eigenvalue weighted by Crippen LogP contribution is -2.37. The van der Waals surface area contributed by atoms with Gasteiger partial charge in [-0.15, -0.1) is 24.0 Å². The number of nitrogens with one attached hydrogen (secondary N) is 2. The van der Waals surface area contributed by atoms with Crippen LogP contribution < -0.4 is 20.3 Å². The van der Waals surface area contributed by atoms with Gasteiger partial charge in [-0.2, -0.15) is 0 Å². The minimum Gasteiger partial charge on any atom is -0.497 e. The van der Waals surface area contributed by atoms with Crippen LogP contribution in [0.1, 0.15) is 18.1 Å². The Labute approximate surface area is 194 Å². The first-order valence-electron chi connectivity index (χ1n) is 9.96. The van der Waals surface area contributed by atoms with Crippen LogP contribution in [0.25, 0.3) is 0 Å². The Morgan fingerprint density at radius 2 is 1.80 bits per heavy atom. The second kappa shape index (κ2) is 12.6. The molecule has 0 spiro atoms. The first-order valence-corrected chi connectivity index (χ1v) is 9.96. The van der Waals surface area contributed by atoms with Crippen molar-refractivity contribution in [1.82, 2.24) is 10.6 Å². The van der Waals surface area contributed by atoms with Crippen LogP contribution in [-0.4, -0.2) is 45.9 Å². The molecule has 8 heteroatoms. The van der Waals surface area contributed by atoms with Gasteiger partial charge in [0.05, 0.1) is 32.6 Å². The Bertz CT molecular complexity index is 811. The molecule has 0 aliphatic carbocycles. The van der Waals surface area contributed by atoms with Gasteiger partial charge in [0.1, 0.15) is 11.6 Å². The van der Waals surface area contributed by atoms with Crippen LogP contribution in [0.3, 0.4) is 0 Å². The van der Waals surface area contributed by atoms with E-state index in [4.69, 9.17) is 9.47 Å². The van der Waals surface area contributed by atoms with E-state index < -0.39 is 0 Å². The average Bonchev–Trinajstić information content (AvgIpc) is 2.76. The van der Waals surface area contributed by atoms with Crippen molar-refractivity contribution in [3.63, 3.8) is 0 Å². The zero-order valence-electron chi connectivity index (χ0n) is 17.5. The molecule has 1 aliphatic rings. The zero-order chi connectivity index (χ0) is 20.5. The molecule has 6 nitrogen and oxygen atoms in total. The van der Waals surface area contributed by atoms with E-state index >= 15 is 0 Å². The topological polar surface area (TPSA) is 58.1 Å². The highest BCUT2D eigenvalue weighted by Crippen LogP contribution is 2.22. The van der Waals surface area contributed by atoms with Crippen LogP contribution in [0, 0.1) is 5.82 Å². The number of methoxy groups -OCH3 is 1. The van der Waals surface area contributed by atoms with Crippen molar-refractivity contribution in [2.45, 2.75) is 20.0 Å². The minimum absolute atomic E-state index is 0. The van der Waals surface area contributed by atoms with Gasteiger partial charge in [-0.3, -0.25) is 0 Å². The zero-order valence-corrected chi connectivity index (χ0v) is 19.8. The van der Waals surface area contributed by atoms with Crippen molar-refractivity contribution in [2.75, 3.05) is 44.9 Å². The highest BCUT2D eigenvalue weighted by molar-refractivity contribution is 14.0. The fourth-order valence-corrected chi connectivity index (χ4v) is 3.15. The maximum absolute atomic E-state index is 14.6. The van der Waals surface area contributed by atoms with E-state index in [-0.39, 0.29) is 29.8 Å². The first-order chi connectivity index (χ1) is 14.2. The van der Waals surface area contributed by atoms with Gasteiger partial charge in [0, 0.05) is 26.2 Å². The molecule has 1 fully saturated rings. The number of ether oxygens (including phenoxy) is 2. The molecule has 0 unspecified atom stereocenters. The molecule has 0 aromatic heterocycles. The third-order valence-corrected chi connectivity index (χ3v) is 4.75. The van der Waals surface area contributed by atoms with Crippen LogP contribution in [0.4, 0.5) is 10.1 Å². The quantitative estimate of drug-likeness (QED) is 0.327. The van der Waals surface area contributed by atoms with Gasteiger partial charge in [0.15, 0.2) is 5.96 Å². The lowest BCUT2D eigenvalue weighted by Gasteiger charge is -2.29. The summed E-state index contributed by atoms with van der Waals surface area (Å²) >= 11 is 0. The molecule has 0 atom stereocenters. The van der Waals surface area contributed by atoms with E-state index in [9.17, 15) is 4.39 Å². The Morgan fingerprint density at radius 1 is 1.10 bits per heavy atom. The van der Waals surface area contributed by atoms with Gasteiger partial charge in [-0.05, 0) is 42.3 Å². The molecule has 0 radical (unpaired) electrons. The molecule has 2 aromatic rings. The standard InChI is InChI=1S/C22H29FN4O2.HI/c1-3-24-22(25-15-17-4-7-19(28-2)8-5-17)26-16-18-6-9-21(20(23)14-18)27-10-12-29-13-11-27;/h4-9,14H,3,10-13,15-16H2,1-2H3,(H2,24,25,26);1H. The molecule has 3 rings (SSSR count). The van der Waals surface area contributed by atoms with Gasteiger partial charge >= 0.3 is 0 Å². The Kier molecular flexibility index (Phi) is 10.2. The Balaban J connectivity index is 0.00000320. The first kappa shape index (κ1) is 24.2. The van der Waals surface area contributed by atoms with Crippen molar-refractivity contribution in [1.29, 1.82) is 0 Å². The Hall–Kier alpha value is -2.07. The predicted octanol–water partition coefficient (Wildman–Crippen LogP) is 3.54. The van der Waals surface area contributed by atoms with Crippen LogP contribution in [0.5, 0.6) is 5.75 Å². The number of halogens is 2. The van der Waals surface area contributed by atoms with Gasteiger partial charge in [0.25, 0.3) is 0 Å². The highest BCUT2D eigenvalue weighted by Gasteiger charge is 2.15. The number of anilines is 1. The molecule has 1 heterocycles. The van der Waals surface area contributed by atoms with Gasteiger partial charge < -0.3 is 25.0 Å². The monoisotopic (exact) mass is 528 g/mol. The number of hydrogen-bond donors (Lipinski definition) is 2. The largest absolute Gasteiger partial charge is 0.497 e. The van der Waals surface area contributed by atoms with E-state index in [1.807, 2.05) is 48.2 Å². The van der Waals surface area contributed by atoms with Crippen molar-refractivity contribution >= 4 is 35.6 Å². The predicted molar refractivity (Wildman–Crippen MR) is 129 cm³/mol. The summed E-state index contributed by atoms with van der Waals surface area (Å²) in [5, 5.41) is 6.53. The molecule has 164 valence electrons.